The molecule has 5 heteroatoms. The van der Waals surface area contributed by atoms with Crippen molar-refractivity contribution in [1.29, 1.82) is 0 Å². The lowest BCUT2D eigenvalue weighted by atomic mass is 10.1. The summed E-state index contributed by atoms with van der Waals surface area (Å²) in [7, 11) is 1.30. The zero-order valence-corrected chi connectivity index (χ0v) is 10.5. The minimum Gasteiger partial charge on any atom is -0.487 e. The molecule has 0 saturated carbocycles. The first-order valence-electron chi connectivity index (χ1n) is 5.20. The lowest BCUT2D eigenvalue weighted by molar-refractivity contribution is -0.143. The number of benzene rings is 1. The molecule has 17 heavy (non-hydrogen) atoms. The molecule has 2 unspecified atom stereocenters. The molecule has 0 saturated heterocycles. The standard InChI is InChI=1S/C12H15ClO4/c1-8(14)11(7-12(15)16-2)17-10-5-3-9(13)4-6-10/h3-6,8,11,14H,7H2,1-2H3. The highest BCUT2D eigenvalue weighted by Crippen LogP contribution is 2.19. The molecule has 0 heterocycles. The Hall–Kier alpha value is -1.26. The molecule has 0 aliphatic carbocycles. The lowest BCUT2D eigenvalue weighted by Crippen LogP contribution is -2.32. The highest BCUT2D eigenvalue weighted by Gasteiger charge is 2.21. The summed E-state index contributed by atoms with van der Waals surface area (Å²) < 4.78 is 10.0. The van der Waals surface area contributed by atoms with Crippen LogP contribution >= 0.6 is 11.6 Å². The number of aliphatic hydroxyl groups excluding tert-OH is 1. The summed E-state index contributed by atoms with van der Waals surface area (Å²) in [5, 5.41) is 10.1. The van der Waals surface area contributed by atoms with Crippen LogP contribution in [0.15, 0.2) is 24.3 Å². The van der Waals surface area contributed by atoms with Gasteiger partial charge in [0, 0.05) is 5.02 Å². The van der Waals surface area contributed by atoms with Crippen LogP contribution in [-0.2, 0) is 9.53 Å². The molecule has 4 nitrogen and oxygen atoms in total. The first kappa shape index (κ1) is 13.8. The molecular weight excluding hydrogens is 244 g/mol. The van der Waals surface area contributed by atoms with Gasteiger partial charge in [0.1, 0.15) is 11.9 Å². The van der Waals surface area contributed by atoms with E-state index in [0.717, 1.165) is 0 Å². The zero-order valence-electron chi connectivity index (χ0n) is 9.72. The molecule has 1 rings (SSSR count). The molecule has 1 aromatic carbocycles. The molecule has 0 fully saturated rings. The van der Waals surface area contributed by atoms with Crippen LogP contribution in [0.3, 0.4) is 0 Å². The first-order chi connectivity index (χ1) is 8.02. The Balaban J connectivity index is 2.66. The fraction of sp³-hybridized carbons (Fsp3) is 0.417. The summed E-state index contributed by atoms with van der Waals surface area (Å²) >= 11 is 5.74. The van der Waals surface area contributed by atoms with Crippen molar-refractivity contribution in [1.82, 2.24) is 0 Å². The predicted molar refractivity (Wildman–Crippen MR) is 64.2 cm³/mol. The van der Waals surface area contributed by atoms with E-state index in [1.807, 2.05) is 0 Å². The minimum absolute atomic E-state index is 0.00318. The van der Waals surface area contributed by atoms with Crippen LogP contribution in [0.5, 0.6) is 5.75 Å². The predicted octanol–water partition coefficient (Wildman–Crippen LogP) is 2.03. The maximum absolute atomic E-state index is 11.1. The Morgan fingerprint density at radius 2 is 2.00 bits per heavy atom. The van der Waals surface area contributed by atoms with Gasteiger partial charge in [-0.15, -0.1) is 0 Å². The molecule has 0 spiro atoms. The quantitative estimate of drug-likeness (QED) is 0.821. The largest absolute Gasteiger partial charge is 0.487 e. The van der Waals surface area contributed by atoms with Gasteiger partial charge < -0.3 is 14.6 Å². The van der Waals surface area contributed by atoms with E-state index in [4.69, 9.17) is 16.3 Å². The Morgan fingerprint density at radius 1 is 1.41 bits per heavy atom. The van der Waals surface area contributed by atoms with Crippen molar-refractivity contribution in [2.75, 3.05) is 7.11 Å². The third kappa shape index (κ3) is 4.63. The minimum atomic E-state index is -0.773. The second-order valence-corrected chi connectivity index (χ2v) is 4.07. The van der Waals surface area contributed by atoms with Crippen LogP contribution in [0.25, 0.3) is 0 Å². The van der Waals surface area contributed by atoms with Crippen LogP contribution in [-0.4, -0.2) is 30.4 Å². The summed E-state index contributed by atoms with van der Waals surface area (Å²) in [6.45, 7) is 1.56. The molecule has 0 bridgehead atoms. The van der Waals surface area contributed by atoms with Gasteiger partial charge in [0.05, 0.1) is 19.6 Å². The molecule has 94 valence electrons. The van der Waals surface area contributed by atoms with Gasteiger partial charge in [0.15, 0.2) is 0 Å². The van der Waals surface area contributed by atoms with Gasteiger partial charge in [-0.2, -0.15) is 0 Å². The normalized spacial score (nSPS) is 13.9. The zero-order chi connectivity index (χ0) is 12.8. The number of esters is 1. The molecule has 0 aliphatic heterocycles. The maximum Gasteiger partial charge on any atom is 0.309 e. The van der Waals surface area contributed by atoms with Crippen LogP contribution in [0, 0.1) is 0 Å². The number of carbonyl (C=O) groups is 1. The Bertz CT molecular complexity index is 361. The highest BCUT2D eigenvalue weighted by atomic mass is 35.5. The average molecular weight is 259 g/mol. The second kappa shape index (κ2) is 6.47. The lowest BCUT2D eigenvalue weighted by Gasteiger charge is -2.20. The van der Waals surface area contributed by atoms with Gasteiger partial charge >= 0.3 is 5.97 Å². The Kier molecular flexibility index (Phi) is 5.25. The van der Waals surface area contributed by atoms with Gasteiger partial charge in [-0.3, -0.25) is 4.79 Å². The summed E-state index contributed by atoms with van der Waals surface area (Å²) in [4.78, 5) is 11.1. The average Bonchev–Trinajstić information content (AvgIpc) is 2.30. The highest BCUT2D eigenvalue weighted by molar-refractivity contribution is 6.30. The van der Waals surface area contributed by atoms with E-state index in [1.54, 1.807) is 31.2 Å². The van der Waals surface area contributed by atoms with Crippen molar-refractivity contribution in [3.05, 3.63) is 29.3 Å². The van der Waals surface area contributed by atoms with E-state index >= 15 is 0 Å². The Morgan fingerprint density at radius 3 is 2.47 bits per heavy atom. The number of carbonyl (C=O) groups excluding carboxylic acids is 1. The van der Waals surface area contributed by atoms with Crippen LogP contribution in [0.1, 0.15) is 13.3 Å². The maximum atomic E-state index is 11.1. The molecule has 0 radical (unpaired) electrons. The molecule has 1 N–H and O–H groups in total. The second-order valence-electron chi connectivity index (χ2n) is 3.63. The fourth-order valence-corrected chi connectivity index (χ4v) is 1.37. The summed E-state index contributed by atoms with van der Waals surface area (Å²) in [6, 6.07) is 6.70. The van der Waals surface area contributed by atoms with E-state index in [1.165, 1.54) is 7.11 Å². The van der Waals surface area contributed by atoms with E-state index in [0.29, 0.717) is 10.8 Å². The number of hydrogen-bond donors (Lipinski definition) is 1. The van der Waals surface area contributed by atoms with Crippen molar-refractivity contribution in [3.8, 4) is 5.75 Å². The SMILES string of the molecule is COC(=O)CC(Oc1ccc(Cl)cc1)C(C)O. The molecule has 1 aromatic rings. The van der Waals surface area contributed by atoms with E-state index < -0.39 is 18.2 Å². The monoisotopic (exact) mass is 258 g/mol. The Labute approximate surface area is 105 Å². The van der Waals surface area contributed by atoms with E-state index in [2.05, 4.69) is 4.74 Å². The summed E-state index contributed by atoms with van der Waals surface area (Å²) in [5.41, 5.74) is 0. The molecular formula is C12H15ClO4. The number of methoxy groups -OCH3 is 1. The van der Waals surface area contributed by atoms with Gasteiger partial charge in [-0.1, -0.05) is 11.6 Å². The van der Waals surface area contributed by atoms with Crippen molar-refractivity contribution in [3.63, 3.8) is 0 Å². The number of hydrogen-bond acceptors (Lipinski definition) is 4. The van der Waals surface area contributed by atoms with Gasteiger partial charge in [-0.05, 0) is 31.2 Å². The van der Waals surface area contributed by atoms with Gasteiger partial charge in [0.2, 0.25) is 0 Å². The van der Waals surface area contributed by atoms with Crippen LogP contribution < -0.4 is 4.74 Å². The number of rotatable bonds is 5. The van der Waals surface area contributed by atoms with Gasteiger partial charge in [0.25, 0.3) is 0 Å². The molecule has 0 amide bonds. The van der Waals surface area contributed by atoms with Crippen molar-refractivity contribution in [2.45, 2.75) is 25.6 Å². The molecule has 0 aliphatic rings. The smallest absolute Gasteiger partial charge is 0.309 e. The number of aliphatic hydroxyl groups is 1. The summed E-state index contributed by atoms with van der Waals surface area (Å²) in [5.74, 6) is 0.120. The van der Waals surface area contributed by atoms with Crippen LogP contribution in [0.4, 0.5) is 0 Å². The number of ether oxygens (including phenoxy) is 2. The molecule has 2 atom stereocenters. The third-order valence-corrected chi connectivity index (χ3v) is 2.49. The van der Waals surface area contributed by atoms with E-state index in [-0.39, 0.29) is 6.42 Å². The van der Waals surface area contributed by atoms with Crippen molar-refractivity contribution < 1.29 is 19.4 Å². The summed E-state index contributed by atoms with van der Waals surface area (Å²) in [6.07, 6.45) is -1.41. The van der Waals surface area contributed by atoms with Gasteiger partial charge in [-0.25, -0.2) is 0 Å². The third-order valence-electron chi connectivity index (χ3n) is 2.23. The van der Waals surface area contributed by atoms with Crippen LogP contribution in [0.2, 0.25) is 5.02 Å². The molecule has 0 aromatic heterocycles. The number of halogens is 1. The first-order valence-corrected chi connectivity index (χ1v) is 5.58. The topological polar surface area (TPSA) is 55.8 Å². The van der Waals surface area contributed by atoms with E-state index in [9.17, 15) is 9.90 Å². The van der Waals surface area contributed by atoms with Crippen molar-refractivity contribution >= 4 is 17.6 Å². The van der Waals surface area contributed by atoms with Crippen molar-refractivity contribution in [2.24, 2.45) is 0 Å². The fourth-order valence-electron chi connectivity index (χ4n) is 1.25.